The van der Waals surface area contributed by atoms with Crippen LogP contribution in [0, 0.1) is 0 Å². The van der Waals surface area contributed by atoms with Gasteiger partial charge in [-0.2, -0.15) is 0 Å². The van der Waals surface area contributed by atoms with E-state index in [1.807, 2.05) is 45.0 Å². The molecule has 4 heteroatoms. The van der Waals surface area contributed by atoms with Gasteiger partial charge in [0.1, 0.15) is 5.75 Å². The first kappa shape index (κ1) is 13.5. The van der Waals surface area contributed by atoms with Crippen molar-refractivity contribution in [2.24, 2.45) is 5.73 Å². The third-order valence-corrected chi connectivity index (χ3v) is 2.20. The average molecular weight is 236 g/mol. The molecule has 1 rings (SSSR count). The van der Waals surface area contributed by atoms with Gasteiger partial charge in [-0.25, -0.2) is 0 Å². The monoisotopic (exact) mass is 236 g/mol. The number of ether oxygens (including phenoxy) is 1. The fourth-order valence-corrected chi connectivity index (χ4v) is 1.40. The Balaban J connectivity index is 2.52. The highest BCUT2D eigenvalue weighted by Gasteiger charge is 2.05. The van der Waals surface area contributed by atoms with Gasteiger partial charge in [0.15, 0.2) is 6.61 Å². The van der Waals surface area contributed by atoms with E-state index in [2.05, 4.69) is 5.32 Å². The number of rotatable bonds is 5. The van der Waals surface area contributed by atoms with Crippen LogP contribution < -0.4 is 15.8 Å². The van der Waals surface area contributed by atoms with Crippen LogP contribution in [-0.4, -0.2) is 18.6 Å². The van der Waals surface area contributed by atoms with Crippen molar-refractivity contribution in [3.05, 3.63) is 29.8 Å². The highest BCUT2D eigenvalue weighted by atomic mass is 16.5. The molecular weight excluding hydrogens is 216 g/mol. The van der Waals surface area contributed by atoms with Crippen molar-refractivity contribution in [3.8, 4) is 5.75 Å². The van der Waals surface area contributed by atoms with Crippen LogP contribution in [0.5, 0.6) is 5.75 Å². The van der Waals surface area contributed by atoms with Crippen LogP contribution in [0.1, 0.15) is 32.4 Å². The first-order valence-corrected chi connectivity index (χ1v) is 5.76. The number of carbonyl (C=O) groups excluding carboxylic acids is 1. The lowest BCUT2D eigenvalue weighted by Gasteiger charge is -2.11. The van der Waals surface area contributed by atoms with Gasteiger partial charge >= 0.3 is 0 Å². The molecule has 1 atom stereocenters. The number of nitrogens with one attached hydrogen (secondary N) is 1. The molecule has 94 valence electrons. The molecule has 1 aromatic rings. The van der Waals surface area contributed by atoms with Gasteiger partial charge in [0.25, 0.3) is 5.91 Å². The van der Waals surface area contributed by atoms with Crippen LogP contribution >= 0.6 is 0 Å². The van der Waals surface area contributed by atoms with Crippen LogP contribution in [0.25, 0.3) is 0 Å². The molecule has 1 amide bonds. The van der Waals surface area contributed by atoms with E-state index in [9.17, 15) is 4.79 Å². The normalized spacial score (nSPS) is 12.3. The Hall–Kier alpha value is -1.55. The number of nitrogens with two attached hydrogens (primary N) is 1. The molecule has 1 aromatic carbocycles. The highest BCUT2D eigenvalue weighted by molar-refractivity contribution is 5.77. The Labute approximate surface area is 102 Å². The fraction of sp³-hybridized carbons (Fsp3) is 0.462. The second-order valence-electron chi connectivity index (χ2n) is 4.37. The summed E-state index contributed by atoms with van der Waals surface area (Å²) in [4.78, 5) is 11.4. The van der Waals surface area contributed by atoms with Crippen molar-refractivity contribution in [2.75, 3.05) is 6.61 Å². The predicted octanol–water partition coefficient (Wildman–Crippen LogP) is 1.61. The summed E-state index contributed by atoms with van der Waals surface area (Å²) in [6, 6.07) is 7.56. The van der Waals surface area contributed by atoms with Crippen LogP contribution in [0.15, 0.2) is 24.3 Å². The molecule has 4 nitrogen and oxygen atoms in total. The van der Waals surface area contributed by atoms with E-state index in [1.165, 1.54) is 0 Å². The summed E-state index contributed by atoms with van der Waals surface area (Å²) in [6.45, 7) is 5.76. The van der Waals surface area contributed by atoms with Crippen molar-refractivity contribution in [3.63, 3.8) is 0 Å². The maximum Gasteiger partial charge on any atom is 0.258 e. The number of amides is 1. The summed E-state index contributed by atoms with van der Waals surface area (Å²) in [5, 5.41) is 2.76. The smallest absolute Gasteiger partial charge is 0.258 e. The molecule has 0 radical (unpaired) electrons. The molecular formula is C13H20N2O2. The third-order valence-electron chi connectivity index (χ3n) is 2.20. The predicted molar refractivity (Wildman–Crippen MR) is 67.8 cm³/mol. The lowest BCUT2D eigenvalue weighted by atomic mass is 10.1. The van der Waals surface area contributed by atoms with Gasteiger partial charge in [0.05, 0.1) is 0 Å². The Bertz CT molecular complexity index is 375. The van der Waals surface area contributed by atoms with E-state index >= 15 is 0 Å². The molecule has 0 aliphatic heterocycles. The molecule has 0 aliphatic carbocycles. The van der Waals surface area contributed by atoms with Gasteiger partial charge in [-0.3, -0.25) is 4.79 Å². The van der Waals surface area contributed by atoms with Crippen LogP contribution in [0.2, 0.25) is 0 Å². The summed E-state index contributed by atoms with van der Waals surface area (Å²) >= 11 is 0. The Morgan fingerprint density at radius 3 is 2.71 bits per heavy atom. The zero-order chi connectivity index (χ0) is 12.8. The largest absolute Gasteiger partial charge is 0.484 e. The first-order chi connectivity index (χ1) is 7.99. The maximum atomic E-state index is 11.4. The van der Waals surface area contributed by atoms with Gasteiger partial charge < -0.3 is 15.8 Å². The van der Waals surface area contributed by atoms with Gasteiger partial charge in [0.2, 0.25) is 0 Å². The first-order valence-electron chi connectivity index (χ1n) is 5.76. The average Bonchev–Trinajstić information content (AvgIpc) is 2.26. The second-order valence-corrected chi connectivity index (χ2v) is 4.37. The lowest BCUT2D eigenvalue weighted by molar-refractivity contribution is -0.123. The van der Waals surface area contributed by atoms with Crippen molar-refractivity contribution in [1.29, 1.82) is 0 Å². The number of hydrogen-bond acceptors (Lipinski definition) is 3. The second kappa shape index (κ2) is 6.25. The Morgan fingerprint density at radius 1 is 1.41 bits per heavy atom. The molecule has 0 saturated carbocycles. The van der Waals surface area contributed by atoms with E-state index in [1.54, 1.807) is 0 Å². The number of benzene rings is 1. The standard InChI is InChI=1S/C13H20N2O2/c1-9(2)15-13(16)8-17-12-6-4-5-11(7-12)10(3)14/h4-7,9-10H,8,14H2,1-3H3,(H,15,16). The minimum atomic E-state index is -0.119. The van der Waals surface area contributed by atoms with Crippen molar-refractivity contribution in [1.82, 2.24) is 5.32 Å². The lowest BCUT2D eigenvalue weighted by Crippen LogP contribution is -2.34. The maximum absolute atomic E-state index is 11.4. The highest BCUT2D eigenvalue weighted by Crippen LogP contribution is 2.17. The molecule has 3 N–H and O–H groups in total. The van der Waals surface area contributed by atoms with Crippen molar-refractivity contribution in [2.45, 2.75) is 32.9 Å². The SMILES string of the molecule is CC(C)NC(=O)COc1cccc(C(C)N)c1. The van der Waals surface area contributed by atoms with Crippen molar-refractivity contribution >= 4 is 5.91 Å². The van der Waals surface area contributed by atoms with E-state index < -0.39 is 0 Å². The van der Waals surface area contributed by atoms with Gasteiger partial charge in [0, 0.05) is 12.1 Å². The van der Waals surface area contributed by atoms with Gasteiger partial charge in [-0.15, -0.1) is 0 Å². The molecule has 0 saturated heterocycles. The van der Waals surface area contributed by atoms with Gasteiger partial charge in [-0.05, 0) is 38.5 Å². The van der Waals surface area contributed by atoms with Crippen LogP contribution in [0.3, 0.4) is 0 Å². The molecule has 0 spiro atoms. The van der Waals surface area contributed by atoms with E-state index in [0.717, 1.165) is 5.56 Å². The molecule has 1 unspecified atom stereocenters. The van der Waals surface area contributed by atoms with Crippen LogP contribution in [-0.2, 0) is 4.79 Å². The van der Waals surface area contributed by atoms with Gasteiger partial charge in [-0.1, -0.05) is 12.1 Å². The van der Waals surface area contributed by atoms with Crippen molar-refractivity contribution < 1.29 is 9.53 Å². The minimum Gasteiger partial charge on any atom is -0.484 e. The fourth-order valence-electron chi connectivity index (χ4n) is 1.40. The topological polar surface area (TPSA) is 64.3 Å². The summed E-state index contributed by atoms with van der Waals surface area (Å²) in [5.74, 6) is 0.546. The number of hydrogen-bond donors (Lipinski definition) is 2. The minimum absolute atomic E-state index is 0.0284. The molecule has 0 heterocycles. The molecule has 0 bridgehead atoms. The quantitative estimate of drug-likeness (QED) is 0.816. The Morgan fingerprint density at radius 2 is 2.12 bits per heavy atom. The summed E-state index contributed by atoms with van der Waals surface area (Å²) < 4.78 is 5.39. The summed E-state index contributed by atoms with van der Waals surface area (Å²) in [7, 11) is 0. The third kappa shape index (κ3) is 4.87. The van der Waals surface area contributed by atoms with Crippen LogP contribution in [0.4, 0.5) is 0 Å². The number of carbonyl (C=O) groups is 1. The van der Waals surface area contributed by atoms with E-state index in [0.29, 0.717) is 5.75 Å². The summed E-state index contributed by atoms with van der Waals surface area (Å²) in [6.07, 6.45) is 0. The van der Waals surface area contributed by atoms with E-state index in [-0.39, 0.29) is 24.6 Å². The summed E-state index contributed by atoms with van der Waals surface area (Å²) in [5.41, 5.74) is 6.76. The molecule has 0 aromatic heterocycles. The molecule has 17 heavy (non-hydrogen) atoms. The zero-order valence-electron chi connectivity index (χ0n) is 10.6. The molecule has 0 fully saturated rings. The zero-order valence-corrected chi connectivity index (χ0v) is 10.6. The van der Waals surface area contributed by atoms with E-state index in [4.69, 9.17) is 10.5 Å². The Kier molecular flexibility index (Phi) is 4.97. The molecule has 0 aliphatic rings.